The third-order valence-electron chi connectivity index (χ3n) is 4.69. The van der Waals surface area contributed by atoms with Crippen molar-refractivity contribution in [3.63, 3.8) is 0 Å². The minimum absolute atomic E-state index is 0.0721. The number of unbranched alkanes of at least 4 members (excludes halogenated alkanes) is 2. The van der Waals surface area contributed by atoms with Gasteiger partial charge < -0.3 is 44.1 Å². The van der Waals surface area contributed by atoms with E-state index in [1.165, 1.54) is 0 Å². The van der Waals surface area contributed by atoms with Crippen LogP contribution in [0.4, 0.5) is 0 Å². The van der Waals surface area contributed by atoms with E-state index < -0.39 is 80.6 Å². The molecule has 0 aromatic carbocycles. The van der Waals surface area contributed by atoms with Gasteiger partial charge in [0.15, 0.2) is 18.5 Å². The highest BCUT2D eigenvalue weighted by molar-refractivity contribution is 5.70. The van der Waals surface area contributed by atoms with Gasteiger partial charge in [-0.05, 0) is 6.42 Å². The molecule has 1 heterocycles. The van der Waals surface area contributed by atoms with E-state index in [0.717, 1.165) is 26.7 Å². The summed E-state index contributed by atoms with van der Waals surface area (Å²) in [5.74, 6) is -2.06. The molecule has 0 spiro atoms. The van der Waals surface area contributed by atoms with Gasteiger partial charge in [-0.3, -0.25) is 14.4 Å². The number of hydrogen-bond donors (Lipinski definition) is 4. The fourth-order valence-corrected chi connectivity index (χ4v) is 2.97. The van der Waals surface area contributed by atoms with Crippen molar-refractivity contribution in [3.8, 4) is 0 Å². The molecule has 0 aliphatic carbocycles. The number of aliphatic hydroxyl groups excluding tert-OH is 4. The van der Waals surface area contributed by atoms with Gasteiger partial charge in [-0.1, -0.05) is 19.8 Å². The summed E-state index contributed by atoms with van der Waals surface area (Å²) in [7, 11) is 0. The minimum Gasteiger partial charge on any atom is -0.463 e. The van der Waals surface area contributed by atoms with Gasteiger partial charge in [0.2, 0.25) is 0 Å². The van der Waals surface area contributed by atoms with Gasteiger partial charge in [0.25, 0.3) is 0 Å². The molecule has 12 nitrogen and oxygen atoms in total. The number of ether oxygens (including phenoxy) is 5. The van der Waals surface area contributed by atoms with Crippen molar-refractivity contribution in [1.29, 1.82) is 0 Å². The van der Waals surface area contributed by atoms with Gasteiger partial charge >= 0.3 is 17.9 Å². The number of aliphatic hydroxyl groups is 4. The van der Waals surface area contributed by atoms with Crippen molar-refractivity contribution < 1.29 is 58.5 Å². The van der Waals surface area contributed by atoms with Gasteiger partial charge in [-0.15, -0.1) is 0 Å². The lowest BCUT2D eigenvalue weighted by molar-refractivity contribution is -0.311. The summed E-state index contributed by atoms with van der Waals surface area (Å²) in [6.07, 6.45) is -7.70. The first kappa shape index (κ1) is 28.2. The van der Waals surface area contributed by atoms with E-state index in [0.29, 0.717) is 6.42 Å². The SMILES string of the molecule is CCCCCC(=O)OC1C(OCC(O)C(O)CO)OC(COC(C)=O)C(O)C1OC(C)=O. The van der Waals surface area contributed by atoms with E-state index in [9.17, 15) is 29.7 Å². The van der Waals surface area contributed by atoms with Crippen LogP contribution in [0.1, 0.15) is 46.5 Å². The Morgan fingerprint density at radius 3 is 2.25 bits per heavy atom. The summed E-state index contributed by atoms with van der Waals surface area (Å²) < 4.78 is 26.5. The van der Waals surface area contributed by atoms with Crippen molar-refractivity contribution >= 4 is 17.9 Å². The summed E-state index contributed by atoms with van der Waals surface area (Å²) >= 11 is 0. The van der Waals surface area contributed by atoms with Crippen LogP contribution in [0.15, 0.2) is 0 Å². The Bertz CT molecular complexity index is 597. The molecule has 0 aromatic heterocycles. The molecule has 32 heavy (non-hydrogen) atoms. The maximum atomic E-state index is 12.3. The molecule has 7 atom stereocenters. The molecule has 0 amide bonds. The van der Waals surface area contributed by atoms with Crippen LogP contribution >= 0.6 is 0 Å². The average Bonchev–Trinajstić information content (AvgIpc) is 2.73. The smallest absolute Gasteiger partial charge is 0.306 e. The van der Waals surface area contributed by atoms with Crippen LogP contribution in [0.3, 0.4) is 0 Å². The number of carbonyl (C=O) groups excluding carboxylic acids is 3. The van der Waals surface area contributed by atoms with Gasteiger partial charge in [-0.25, -0.2) is 0 Å². The Labute approximate surface area is 186 Å². The Morgan fingerprint density at radius 2 is 1.69 bits per heavy atom. The molecule has 186 valence electrons. The highest BCUT2D eigenvalue weighted by Crippen LogP contribution is 2.28. The quantitative estimate of drug-likeness (QED) is 0.145. The second-order valence-corrected chi connectivity index (χ2v) is 7.47. The number of hydrogen-bond acceptors (Lipinski definition) is 12. The monoisotopic (exact) mass is 466 g/mol. The molecule has 0 bridgehead atoms. The first-order valence-corrected chi connectivity index (χ1v) is 10.5. The van der Waals surface area contributed by atoms with Gasteiger partial charge in [0, 0.05) is 20.3 Å². The molecule has 0 radical (unpaired) electrons. The Hall–Kier alpha value is -1.83. The normalized spacial score (nSPS) is 27.3. The molecule has 1 aliphatic heterocycles. The molecular weight excluding hydrogens is 432 g/mol. The molecule has 0 aromatic rings. The lowest BCUT2D eigenvalue weighted by atomic mass is 9.98. The highest BCUT2D eigenvalue weighted by Gasteiger charge is 2.50. The number of carbonyl (C=O) groups is 3. The van der Waals surface area contributed by atoms with Crippen molar-refractivity contribution in [2.45, 2.75) is 89.4 Å². The summed E-state index contributed by atoms with van der Waals surface area (Å²) in [4.78, 5) is 35.1. The number of rotatable bonds is 13. The predicted molar refractivity (Wildman–Crippen MR) is 106 cm³/mol. The van der Waals surface area contributed by atoms with E-state index in [1.54, 1.807) is 0 Å². The summed E-state index contributed by atoms with van der Waals surface area (Å²) in [5.41, 5.74) is 0. The zero-order chi connectivity index (χ0) is 24.3. The van der Waals surface area contributed by atoms with Crippen molar-refractivity contribution in [2.24, 2.45) is 0 Å². The molecule has 4 N–H and O–H groups in total. The topological polar surface area (TPSA) is 178 Å². The van der Waals surface area contributed by atoms with Crippen LogP contribution in [-0.4, -0.2) is 101 Å². The zero-order valence-corrected chi connectivity index (χ0v) is 18.5. The van der Waals surface area contributed by atoms with E-state index in [2.05, 4.69) is 0 Å². The van der Waals surface area contributed by atoms with Crippen LogP contribution in [0, 0.1) is 0 Å². The second-order valence-electron chi connectivity index (χ2n) is 7.47. The molecule has 0 saturated carbocycles. The van der Waals surface area contributed by atoms with Crippen LogP contribution in [0.5, 0.6) is 0 Å². The van der Waals surface area contributed by atoms with E-state index >= 15 is 0 Å². The maximum absolute atomic E-state index is 12.3. The van der Waals surface area contributed by atoms with Crippen molar-refractivity contribution in [1.82, 2.24) is 0 Å². The zero-order valence-electron chi connectivity index (χ0n) is 18.5. The Kier molecular flexibility index (Phi) is 12.6. The molecule has 12 heteroatoms. The van der Waals surface area contributed by atoms with E-state index in [-0.39, 0.29) is 6.42 Å². The summed E-state index contributed by atoms with van der Waals surface area (Å²) in [6.45, 7) is 2.54. The molecule has 1 rings (SSSR count). The van der Waals surface area contributed by atoms with E-state index in [4.69, 9.17) is 28.8 Å². The van der Waals surface area contributed by atoms with Crippen molar-refractivity contribution in [2.75, 3.05) is 19.8 Å². The second kappa shape index (κ2) is 14.3. The largest absolute Gasteiger partial charge is 0.463 e. The third-order valence-corrected chi connectivity index (χ3v) is 4.69. The van der Waals surface area contributed by atoms with Gasteiger partial charge in [-0.2, -0.15) is 0 Å². The van der Waals surface area contributed by atoms with E-state index in [1.807, 2.05) is 6.92 Å². The molecule has 1 saturated heterocycles. The minimum atomic E-state index is -1.53. The first-order valence-electron chi connectivity index (χ1n) is 10.5. The van der Waals surface area contributed by atoms with Gasteiger partial charge in [0.05, 0.1) is 13.2 Å². The van der Waals surface area contributed by atoms with Crippen LogP contribution < -0.4 is 0 Å². The molecule has 7 unspecified atom stereocenters. The third kappa shape index (κ3) is 9.35. The molecule has 1 fully saturated rings. The van der Waals surface area contributed by atoms with Gasteiger partial charge in [0.1, 0.15) is 31.0 Å². The molecular formula is C20H34O12. The Balaban J connectivity index is 3.07. The fraction of sp³-hybridized carbons (Fsp3) is 0.850. The van der Waals surface area contributed by atoms with Crippen LogP contribution in [0.25, 0.3) is 0 Å². The lowest BCUT2D eigenvalue weighted by Crippen LogP contribution is -2.62. The fourth-order valence-electron chi connectivity index (χ4n) is 2.97. The summed E-state index contributed by atoms with van der Waals surface area (Å²) in [5, 5.41) is 39.0. The maximum Gasteiger partial charge on any atom is 0.306 e. The average molecular weight is 466 g/mol. The van der Waals surface area contributed by atoms with Crippen LogP contribution in [-0.2, 0) is 38.1 Å². The Morgan fingerprint density at radius 1 is 1.00 bits per heavy atom. The highest BCUT2D eigenvalue weighted by atomic mass is 16.7. The van der Waals surface area contributed by atoms with Crippen LogP contribution in [0.2, 0.25) is 0 Å². The lowest BCUT2D eigenvalue weighted by Gasteiger charge is -2.43. The predicted octanol–water partition coefficient (Wildman–Crippen LogP) is -1.21. The first-order chi connectivity index (χ1) is 15.1. The van der Waals surface area contributed by atoms with Crippen molar-refractivity contribution in [3.05, 3.63) is 0 Å². The standard InChI is InChI=1S/C20H34O12/c1-4-5-6-7-16(26)32-19-18(30-12(3)23)17(27)15(10-28-11(2)22)31-20(19)29-9-14(25)13(24)8-21/h13-15,17-21,24-25,27H,4-10H2,1-3H3. The summed E-state index contributed by atoms with van der Waals surface area (Å²) in [6, 6.07) is 0. The molecule has 1 aliphatic rings. The number of esters is 3.